The normalized spacial score (nSPS) is 16.1. The Hall–Kier alpha value is -1.64. The third-order valence-corrected chi connectivity index (χ3v) is 7.13. The molecule has 1 saturated heterocycles. The van der Waals surface area contributed by atoms with Crippen molar-refractivity contribution in [3.05, 3.63) is 63.6 Å². The number of hydrogen-bond donors (Lipinski definition) is 1. The van der Waals surface area contributed by atoms with Crippen LogP contribution in [0.4, 0.5) is 0 Å². The standard InChI is InChI=1S/C19H21Cl2N3O3S/c1-23-8-10-24(11-9-23)28(26,27)16-5-2-14(3-6-16)13-22-19(25)17-12-15(20)4-7-18(17)21/h2-7,12H,8-11,13H2,1H3,(H,22,25). The van der Waals surface area contributed by atoms with Crippen molar-refractivity contribution in [2.75, 3.05) is 33.2 Å². The minimum Gasteiger partial charge on any atom is -0.348 e. The Bertz CT molecular complexity index is 957. The van der Waals surface area contributed by atoms with Gasteiger partial charge >= 0.3 is 0 Å². The van der Waals surface area contributed by atoms with Gasteiger partial charge in [0.2, 0.25) is 10.0 Å². The Morgan fingerprint density at radius 3 is 2.32 bits per heavy atom. The van der Waals surface area contributed by atoms with Gasteiger partial charge in [0, 0.05) is 37.7 Å². The summed E-state index contributed by atoms with van der Waals surface area (Å²) >= 11 is 11.9. The summed E-state index contributed by atoms with van der Waals surface area (Å²) in [6.07, 6.45) is 0. The summed E-state index contributed by atoms with van der Waals surface area (Å²) < 4.78 is 27.0. The molecule has 9 heteroatoms. The molecule has 1 amide bonds. The first-order valence-electron chi connectivity index (χ1n) is 8.78. The molecule has 1 heterocycles. The van der Waals surface area contributed by atoms with Crippen molar-refractivity contribution in [3.63, 3.8) is 0 Å². The van der Waals surface area contributed by atoms with Crippen LogP contribution in [0, 0.1) is 0 Å². The number of hydrogen-bond acceptors (Lipinski definition) is 4. The number of benzene rings is 2. The van der Waals surface area contributed by atoms with Crippen LogP contribution in [-0.2, 0) is 16.6 Å². The van der Waals surface area contributed by atoms with E-state index in [4.69, 9.17) is 23.2 Å². The summed E-state index contributed by atoms with van der Waals surface area (Å²) in [7, 11) is -1.52. The van der Waals surface area contributed by atoms with E-state index in [1.54, 1.807) is 36.4 Å². The molecule has 28 heavy (non-hydrogen) atoms. The monoisotopic (exact) mass is 441 g/mol. The van der Waals surface area contributed by atoms with Gasteiger partial charge < -0.3 is 10.2 Å². The van der Waals surface area contributed by atoms with E-state index < -0.39 is 10.0 Å². The molecule has 0 aromatic heterocycles. The molecule has 150 valence electrons. The molecule has 2 aromatic rings. The second-order valence-electron chi connectivity index (χ2n) is 6.66. The van der Waals surface area contributed by atoms with Crippen LogP contribution in [-0.4, -0.2) is 56.8 Å². The van der Waals surface area contributed by atoms with Gasteiger partial charge in [-0.15, -0.1) is 0 Å². The van der Waals surface area contributed by atoms with Gasteiger partial charge in [-0.2, -0.15) is 4.31 Å². The fourth-order valence-corrected chi connectivity index (χ4v) is 4.70. The number of nitrogens with zero attached hydrogens (tertiary/aromatic N) is 2. The maximum atomic E-state index is 12.7. The topological polar surface area (TPSA) is 69.7 Å². The van der Waals surface area contributed by atoms with Crippen LogP contribution in [0.2, 0.25) is 10.0 Å². The molecule has 0 atom stereocenters. The number of piperazine rings is 1. The van der Waals surface area contributed by atoms with E-state index in [0.29, 0.717) is 28.7 Å². The molecular weight excluding hydrogens is 421 g/mol. The minimum absolute atomic E-state index is 0.247. The first-order chi connectivity index (χ1) is 13.3. The van der Waals surface area contributed by atoms with Crippen molar-refractivity contribution in [1.82, 2.24) is 14.5 Å². The Kier molecular flexibility index (Phi) is 6.62. The molecule has 0 spiro atoms. The molecule has 6 nitrogen and oxygen atoms in total. The highest BCUT2D eigenvalue weighted by atomic mass is 35.5. The minimum atomic E-state index is -3.50. The van der Waals surface area contributed by atoms with E-state index in [1.165, 1.54) is 10.4 Å². The lowest BCUT2D eigenvalue weighted by atomic mass is 10.2. The predicted octanol–water partition coefficient (Wildman–Crippen LogP) is 2.86. The second-order valence-corrected chi connectivity index (χ2v) is 9.44. The van der Waals surface area contributed by atoms with Crippen LogP contribution < -0.4 is 5.32 Å². The lowest BCUT2D eigenvalue weighted by molar-refractivity contribution is 0.0951. The van der Waals surface area contributed by atoms with Gasteiger partial charge in [-0.25, -0.2) is 8.42 Å². The molecule has 0 bridgehead atoms. The maximum Gasteiger partial charge on any atom is 0.253 e. The molecule has 0 aliphatic carbocycles. The summed E-state index contributed by atoms with van der Waals surface area (Å²) in [6, 6.07) is 11.2. The third kappa shape index (κ3) is 4.85. The summed E-state index contributed by atoms with van der Waals surface area (Å²) in [5.74, 6) is -0.346. The van der Waals surface area contributed by atoms with Crippen molar-refractivity contribution >= 4 is 39.1 Å². The summed E-state index contributed by atoms with van der Waals surface area (Å²) in [6.45, 7) is 2.65. The molecular formula is C19H21Cl2N3O3S. The van der Waals surface area contributed by atoms with E-state index in [2.05, 4.69) is 10.2 Å². The van der Waals surface area contributed by atoms with Crippen molar-refractivity contribution in [3.8, 4) is 0 Å². The number of amides is 1. The number of sulfonamides is 1. The molecule has 1 N–H and O–H groups in total. The molecule has 2 aromatic carbocycles. The zero-order valence-electron chi connectivity index (χ0n) is 15.4. The first-order valence-corrected chi connectivity index (χ1v) is 11.0. The molecule has 0 unspecified atom stereocenters. The Morgan fingerprint density at radius 1 is 1.04 bits per heavy atom. The van der Waals surface area contributed by atoms with Gasteiger partial charge in [0.15, 0.2) is 0 Å². The molecule has 1 aliphatic rings. The zero-order valence-corrected chi connectivity index (χ0v) is 17.7. The van der Waals surface area contributed by atoms with Crippen LogP contribution >= 0.6 is 23.2 Å². The van der Waals surface area contributed by atoms with Gasteiger partial charge in [0.1, 0.15) is 0 Å². The number of likely N-dealkylation sites (N-methyl/N-ethyl adjacent to an activating group) is 1. The van der Waals surface area contributed by atoms with E-state index >= 15 is 0 Å². The number of carbonyl (C=O) groups is 1. The van der Waals surface area contributed by atoms with Crippen LogP contribution in [0.5, 0.6) is 0 Å². The van der Waals surface area contributed by atoms with E-state index in [9.17, 15) is 13.2 Å². The highest BCUT2D eigenvalue weighted by Gasteiger charge is 2.27. The highest BCUT2D eigenvalue weighted by Crippen LogP contribution is 2.21. The summed E-state index contributed by atoms with van der Waals surface area (Å²) in [5, 5.41) is 3.50. The van der Waals surface area contributed by atoms with Crippen LogP contribution in [0.15, 0.2) is 47.4 Å². The fraction of sp³-hybridized carbons (Fsp3) is 0.316. The van der Waals surface area contributed by atoms with E-state index in [-0.39, 0.29) is 17.3 Å². The average Bonchev–Trinajstić information content (AvgIpc) is 2.68. The van der Waals surface area contributed by atoms with Crippen LogP contribution in [0.25, 0.3) is 0 Å². The SMILES string of the molecule is CN1CCN(S(=O)(=O)c2ccc(CNC(=O)c3cc(Cl)ccc3Cl)cc2)CC1. The predicted molar refractivity (Wildman–Crippen MR) is 110 cm³/mol. The Morgan fingerprint density at radius 2 is 1.68 bits per heavy atom. The summed E-state index contributed by atoms with van der Waals surface area (Å²) in [5.41, 5.74) is 1.08. The van der Waals surface area contributed by atoms with Gasteiger partial charge in [-0.1, -0.05) is 35.3 Å². The largest absolute Gasteiger partial charge is 0.348 e. The molecule has 3 rings (SSSR count). The van der Waals surface area contributed by atoms with Gasteiger partial charge in [-0.05, 0) is 42.9 Å². The third-order valence-electron chi connectivity index (χ3n) is 4.65. The van der Waals surface area contributed by atoms with E-state index in [0.717, 1.165) is 18.7 Å². The Balaban J connectivity index is 1.64. The van der Waals surface area contributed by atoms with Crippen molar-refractivity contribution < 1.29 is 13.2 Å². The number of rotatable bonds is 5. The van der Waals surface area contributed by atoms with E-state index in [1.807, 2.05) is 7.05 Å². The summed E-state index contributed by atoms with van der Waals surface area (Å²) in [4.78, 5) is 14.6. The molecule has 0 radical (unpaired) electrons. The number of nitrogens with one attached hydrogen (secondary N) is 1. The number of halogens is 2. The zero-order chi connectivity index (χ0) is 20.3. The van der Waals surface area contributed by atoms with Crippen LogP contribution in [0.3, 0.4) is 0 Å². The number of carbonyl (C=O) groups excluding carboxylic acids is 1. The van der Waals surface area contributed by atoms with Crippen LogP contribution in [0.1, 0.15) is 15.9 Å². The van der Waals surface area contributed by atoms with Crippen molar-refractivity contribution in [2.45, 2.75) is 11.4 Å². The van der Waals surface area contributed by atoms with Gasteiger partial charge in [0.25, 0.3) is 5.91 Å². The quantitative estimate of drug-likeness (QED) is 0.774. The Labute approximate surface area is 175 Å². The molecule has 1 aliphatic heterocycles. The van der Waals surface area contributed by atoms with Crippen molar-refractivity contribution in [1.29, 1.82) is 0 Å². The maximum absolute atomic E-state index is 12.7. The van der Waals surface area contributed by atoms with Gasteiger partial charge in [-0.3, -0.25) is 4.79 Å². The lowest BCUT2D eigenvalue weighted by Crippen LogP contribution is -2.47. The first kappa shape index (κ1) is 21.1. The average molecular weight is 442 g/mol. The van der Waals surface area contributed by atoms with Crippen molar-refractivity contribution in [2.24, 2.45) is 0 Å². The smallest absolute Gasteiger partial charge is 0.253 e. The molecule has 0 saturated carbocycles. The lowest BCUT2D eigenvalue weighted by Gasteiger charge is -2.31. The van der Waals surface area contributed by atoms with Gasteiger partial charge in [0.05, 0.1) is 15.5 Å². The molecule has 1 fully saturated rings. The second kappa shape index (κ2) is 8.80. The highest BCUT2D eigenvalue weighted by molar-refractivity contribution is 7.89. The fourth-order valence-electron chi connectivity index (χ4n) is 2.91.